The normalized spacial score (nSPS) is 17.0. The molecule has 0 saturated heterocycles. The quantitative estimate of drug-likeness (QED) is 0.116. The Labute approximate surface area is 370 Å². The molecule has 4 aromatic heterocycles. The number of carbonyl (C=O) groups is 1. The molecule has 1 amide bonds. The molecule has 2 aliphatic rings. The molecule has 7 aromatic rings. The highest BCUT2D eigenvalue weighted by atomic mass is 35.5. The first-order chi connectivity index (χ1) is 31.0. The fraction of sp³-hybridized carbons (Fsp3) is 0.293. The largest absolute Gasteiger partial charge is 0.408 e. The molecule has 3 aromatic carbocycles. The first-order valence-corrected chi connectivity index (χ1v) is 21.9. The predicted octanol–water partition coefficient (Wildman–Crippen LogP) is 7.81. The van der Waals surface area contributed by atoms with Gasteiger partial charge in [-0.15, -0.1) is 0 Å². The van der Waals surface area contributed by atoms with E-state index in [1.54, 1.807) is 13.0 Å². The van der Waals surface area contributed by atoms with Crippen LogP contribution in [0.25, 0.3) is 38.9 Å². The maximum absolute atomic E-state index is 15.6. The number of rotatable bonds is 12. The number of fused-ring (bicyclic) bond motifs is 5. The summed E-state index contributed by atoms with van der Waals surface area (Å²) in [5.41, 5.74) is -3.70. The van der Waals surface area contributed by atoms with Crippen molar-refractivity contribution in [2.75, 3.05) is 11.0 Å². The summed E-state index contributed by atoms with van der Waals surface area (Å²) in [5.74, 6) is -10.2. The molecule has 1 unspecified atom stereocenters. The summed E-state index contributed by atoms with van der Waals surface area (Å²) >= 11 is 6.51. The van der Waals surface area contributed by atoms with Crippen molar-refractivity contribution >= 4 is 55.2 Å². The summed E-state index contributed by atoms with van der Waals surface area (Å²) in [5, 5.41) is 9.13. The van der Waals surface area contributed by atoms with Gasteiger partial charge in [-0.25, -0.2) is 40.9 Å². The van der Waals surface area contributed by atoms with E-state index in [0.29, 0.717) is 32.9 Å². The number of sulfonamides is 1. The Morgan fingerprint density at radius 1 is 1.00 bits per heavy atom. The van der Waals surface area contributed by atoms with Gasteiger partial charge in [0.15, 0.2) is 11.6 Å². The Hall–Kier alpha value is -6.56. The number of anilines is 1. The number of amides is 1. The average Bonchev–Trinajstić information content (AvgIpc) is 3.74. The van der Waals surface area contributed by atoms with Crippen molar-refractivity contribution in [1.29, 1.82) is 0 Å². The van der Waals surface area contributed by atoms with Crippen molar-refractivity contribution < 1.29 is 52.7 Å². The molecule has 66 heavy (non-hydrogen) atoms. The number of nitrogens with one attached hydrogen (secondary N) is 2. The lowest BCUT2D eigenvalue weighted by atomic mass is 10.0. The molecule has 4 heterocycles. The van der Waals surface area contributed by atoms with E-state index in [0.717, 1.165) is 28.8 Å². The SMILES string of the molecule is Cc1ccnc(-c2ccc3c(=O)n(-c4ccc(Cl)c5c(NS(C)(=O)=O)nn(CC(F)(F)F)c45)c([C@H](Cc4cc(F)cc(F)c4)NC(=O)Cn4nc(C(F)F)c5c4C(F)(F)C4C[C@@H]54)nc3c2)n1. The third kappa shape index (κ3) is 8.19. The van der Waals surface area contributed by atoms with Gasteiger partial charge in [-0.1, -0.05) is 17.7 Å². The summed E-state index contributed by atoms with van der Waals surface area (Å²) in [6, 6.07) is 8.46. The number of aromatic nitrogens is 8. The molecule has 1 saturated carbocycles. The second-order valence-electron chi connectivity index (χ2n) is 15.9. The molecule has 2 aliphatic carbocycles. The van der Waals surface area contributed by atoms with Crippen molar-refractivity contribution in [3.8, 4) is 17.1 Å². The molecule has 9 rings (SSSR count). The number of carbonyl (C=O) groups excluding carboxylic acids is 1. The third-order valence-corrected chi connectivity index (χ3v) is 12.0. The monoisotopic (exact) mass is 964 g/mol. The average molecular weight is 965 g/mol. The van der Waals surface area contributed by atoms with Crippen LogP contribution >= 0.6 is 11.6 Å². The Morgan fingerprint density at radius 2 is 1.73 bits per heavy atom. The van der Waals surface area contributed by atoms with Crippen LogP contribution in [0, 0.1) is 24.5 Å². The number of nitrogens with zero attached hydrogens (tertiary/aromatic N) is 8. The van der Waals surface area contributed by atoms with E-state index >= 15 is 13.6 Å². The third-order valence-electron chi connectivity index (χ3n) is 11.1. The molecular formula is C41H30ClF9N10O4S. The molecule has 1 fully saturated rings. The van der Waals surface area contributed by atoms with Gasteiger partial charge in [0.1, 0.15) is 41.9 Å². The number of aryl methyl sites for hydroxylation is 1. The van der Waals surface area contributed by atoms with Gasteiger partial charge >= 0.3 is 6.18 Å². The fourth-order valence-electron chi connectivity index (χ4n) is 8.50. The molecule has 3 atom stereocenters. The molecule has 344 valence electrons. The zero-order chi connectivity index (χ0) is 47.4. The fourth-order valence-corrected chi connectivity index (χ4v) is 9.23. The van der Waals surface area contributed by atoms with Crippen LogP contribution in [0.4, 0.5) is 45.3 Å². The van der Waals surface area contributed by atoms with Crippen molar-refractivity contribution in [3.05, 3.63) is 122 Å². The van der Waals surface area contributed by atoms with Gasteiger partial charge in [-0.2, -0.15) is 32.1 Å². The molecule has 2 N–H and O–H groups in total. The Morgan fingerprint density at radius 3 is 2.39 bits per heavy atom. The van der Waals surface area contributed by atoms with Gasteiger partial charge < -0.3 is 5.32 Å². The number of hydrogen-bond acceptors (Lipinski definition) is 9. The van der Waals surface area contributed by atoms with Crippen molar-refractivity contribution in [3.63, 3.8) is 0 Å². The zero-order valence-electron chi connectivity index (χ0n) is 33.8. The Bertz CT molecular complexity index is 3320. The van der Waals surface area contributed by atoms with Crippen LogP contribution in [0.5, 0.6) is 0 Å². The Kier molecular flexibility index (Phi) is 10.7. The van der Waals surface area contributed by atoms with Gasteiger partial charge in [0, 0.05) is 41.4 Å². The van der Waals surface area contributed by atoms with Gasteiger partial charge in [0.2, 0.25) is 15.9 Å². The van der Waals surface area contributed by atoms with Crippen LogP contribution in [0.2, 0.25) is 5.02 Å². The number of halogens is 10. The minimum atomic E-state index is -5.02. The lowest BCUT2D eigenvalue weighted by Gasteiger charge is -2.24. The molecule has 0 radical (unpaired) electrons. The van der Waals surface area contributed by atoms with Crippen LogP contribution in [0.15, 0.2) is 65.6 Å². The van der Waals surface area contributed by atoms with E-state index in [9.17, 15) is 43.9 Å². The van der Waals surface area contributed by atoms with Gasteiger partial charge in [0.25, 0.3) is 17.9 Å². The van der Waals surface area contributed by atoms with E-state index in [-0.39, 0.29) is 39.3 Å². The summed E-state index contributed by atoms with van der Waals surface area (Å²) in [7, 11) is -4.24. The first-order valence-electron chi connectivity index (χ1n) is 19.6. The summed E-state index contributed by atoms with van der Waals surface area (Å²) in [4.78, 5) is 42.6. The van der Waals surface area contributed by atoms with Crippen LogP contribution in [-0.2, 0) is 40.3 Å². The van der Waals surface area contributed by atoms with Gasteiger partial charge in [-0.3, -0.25) is 28.2 Å². The summed E-state index contributed by atoms with van der Waals surface area (Å²) in [6.45, 7) is -1.29. The minimum Gasteiger partial charge on any atom is -0.344 e. The number of hydrogen-bond donors (Lipinski definition) is 2. The molecular weight excluding hydrogens is 935 g/mol. The zero-order valence-corrected chi connectivity index (χ0v) is 35.4. The summed E-state index contributed by atoms with van der Waals surface area (Å²) in [6.07, 6.45) is -6.87. The van der Waals surface area contributed by atoms with E-state index in [2.05, 4.69) is 25.5 Å². The lowest BCUT2D eigenvalue weighted by Crippen LogP contribution is -2.38. The topological polar surface area (TPSA) is 172 Å². The van der Waals surface area contributed by atoms with E-state index in [1.165, 1.54) is 24.4 Å². The highest BCUT2D eigenvalue weighted by molar-refractivity contribution is 7.92. The smallest absolute Gasteiger partial charge is 0.344 e. The second kappa shape index (κ2) is 15.8. The molecule has 14 nitrogen and oxygen atoms in total. The number of alkyl halides is 7. The molecule has 0 aliphatic heterocycles. The van der Waals surface area contributed by atoms with Crippen LogP contribution in [0.1, 0.15) is 58.8 Å². The van der Waals surface area contributed by atoms with E-state index < -0.39 is 129 Å². The van der Waals surface area contributed by atoms with Crippen molar-refractivity contribution in [2.45, 2.75) is 63.3 Å². The minimum absolute atomic E-state index is 0.0710. The standard InChI is InChI=1S/C41H30ClF9N10O4S/c1-17-7-8-52-36(53-17)19-3-4-22-26(12-19)55-38(61(39(22)63)28-6-5-25(42)31-33(28)60(16-40(47,48)49)57-37(31)58-66(2,64)65)27(11-18-9-20(43)13-21(44)10-18)54-29(62)15-59-34-30(32(56-59)35(45)46)23-14-24(23)41(34,50)51/h3-10,12-13,23-24,27,35H,11,14-16H2,1-2H3,(H,54,62)(H,57,58)/t23-,24?,27+/m1/s1. The van der Waals surface area contributed by atoms with E-state index in [1.807, 2.05) is 4.72 Å². The molecule has 0 spiro atoms. The molecule has 25 heteroatoms. The van der Waals surface area contributed by atoms with Gasteiger partial charge in [-0.05, 0) is 67.3 Å². The van der Waals surface area contributed by atoms with Gasteiger partial charge in [0.05, 0.1) is 44.8 Å². The van der Waals surface area contributed by atoms with Crippen molar-refractivity contribution in [1.82, 2.24) is 44.4 Å². The first kappa shape index (κ1) is 44.6. The predicted molar refractivity (Wildman–Crippen MR) is 219 cm³/mol. The van der Waals surface area contributed by atoms with Crippen LogP contribution in [-0.4, -0.2) is 65.8 Å². The van der Waals surface area contributed by atoms with Crippen LogP contribution in [0.3, 0.4) is 0 Å². The second-order valence-corrected chi connectivity index (χ2v) is 18.1. The maximum atomic E-state index is 15.6. The summed E-state index contributed by atoms with van der Waals surface area (Å²) < 4.78 is 160. The lowest BCUT2D eigenvalue weighted by molar-refractivity contribution is -0.141. The number of benzene rings is 3. The Balaban J connectivity index is 1.29. The van der Waals surface area contributed by atoms with E-state index in [4.69, 9.17) is 16.6 Å². The highest BCUT2D eigenvalue weighted by Gasteiger charge is 2.67. The molecule has 0 bridgehead atoms. The highest BCUT2D eigenvalue weighted by Crippen LogP contribution is 2.68. The van der Waals surface area contributed by atoms with Crippen molar-refractivity contribution in [2.24, 2.45) is 5.92 Å². The maximum Gasteiger partial charge on any atom is 0.408 e. The van der Waals surface area contributed by atoms with Crippen LogP contribution < -0.4 is 15.6 Å².